The first-order valence-electron chi connectivity index (χ1n) is 19.4. The molecular weight excluding hydrogens is 858 g/mol. The third kappa shape index (κ3) is 6.29. The number of furan rings is 1. The van der Waals surface area contributed by atoms with E-state index in [2.05, 4.69) is 125 Å². The molecule has 4 aromatic heterocycles. The molecule has 1 atom stereocenters. The maximum absolute atomic E-state index is 6.74. The molecule has 0 saturated heterocycles. The molecule has 2 aliphatic rings. The Kier molecular flexibility index (Phi) is 8.62. The predicted octanol–water partition coefficient (Wildman–Crippen LogP) is 12.7. The summed E-state index contributed by atoms with van der Waals surface area (Å²) in [5.41, 5.74) is 12.1. The Balaban J connectivity index is 0.00000397. The Bertz CT molecular complexity index is 2770. The standard InChI is InChI=1S/C49H45N3O2.Pt/c1-29-15-16-36(19-30(29)2)52-42-13-9-7-11-37(42)39-17-18-45(51-47(39)52)53-44-24-33(22-40-38-12-8-10-14-43(38)54-46(40)44)41-23-32-20-31(21-34(32)27-50-41)35-25-48(3,4)28-49(5,6)26-35;/h7-15,17-19,22-23,27,31,35H,20-21,25-26,28H2,1-6H3;/q-2;+2. The molecule has 2 aliphatic carbocycles. The second-order valence-corrected chi connectivity index (χ2v) is 17.7. The minimum atomic E-state index is 0. The fraction of sp³-hybridized carbons (Fsp3) is 0.306. The molecule has 0 aliphatic heterocycles. The van der Waals surface area contributed by atoms with E-state index in [1.54, 1.807) is 0 Å². The fourth-order valence-corrected chi connectivity index (χ4v) is 10.2. The molecule has 1 unspecified atom stereocenters. The van der Waals surface area contributed by atoms with Crippen LogP contribution in [0.3, 0.4) is 0 Å². The number of aromatic nitrogens is 3. The van der Waals surface area contributed by atoms with Crippen molar-refractivity contribution in [2.24, 2.45) is 22.7 Å². The van der Waals surface area contributed by atoms with Crippen LogP contribution in [0.5, 0.6) is 11.6 Å². The summed E-state index contributed by atoms with van der Waals surface area (Å²) in [6, 6.07) is 36.4. The van der Waals surface area contributed by atoms with Crippen LogP contribution in [0.2, 0.25) is 0 Å². The number of hydrogen-bond acceptors (Lipinski definition) is 4. The van der Waals surface area contributed by atoms with E-state index in [1.165, 1.54) is 41.5 Å². The summed E-state index contributed by atoms with van der Waals surface area (Å²) in [5.74, 6) is 2.36. The van der Waals surface area contributed by atoms with Crippen molar-refractivity contribution in [1.82, 2.24) is 14.5 Å². The second-order valence-electron chi connectivity index (χ2n) is 17.7. The molecule has 1 fully saturated rings. The summed E-state index contributed by atoms with van der Waals surface area (Å²) in [6.07, 6.45) is 8.25. The van der Waals surface area contributed by atoms with Crippen molar-refractivity contribution in [3.8, 4) is 28.6 Å². The molecule has 0 bridgehead atoms. The van der Waals surface area contributed by atoms with Crippen molar-refractivity contribution < 1.29 is 30.2 Å². The van der Waals surface area contributed by atoms with Gasteiger partial charge in [-0.25, -0.2) is 0 Å². The summed E-state index contributed by atoms with van der Waals surface area (Å²) in [5, 5.41) is 4.19. The topological polar surface area (TPSA) is 53.1 Å². The van der Waals surface area contributed by atoms with E-state index in [0.29, 0.717) is 34.0 Å². The van der Waals surface area contributed by atoms with Gasteiger partial charge in [0.15, 0.2) is 0 Å². The van der Waals surface area contributed by atoms with Gasteiger partial charge in [0.2, 0.25) is 5.88 Å². The molecule has 10 rings (SSSR count). The van der Waals surface area contributed by atoms with E-state index in [4.69, 9.17) is 19.1 Å². The first kappa shape index (κ1) is 35.9. The zero-order valence-corrected chi connectivity index (χ0v) is 34.6. The molecule has 0 radical (unpaired) electrons. The van der Waals surface area contributed by atoms with Crippen molar-refractivity contribution in [3.63, 3.8) is 0 Å². The molecule has 0 amide bonds. The quantitative estimate of drug-likeness (QED) is 0.162. The molecular formula is C49H45N3O2Pt. The summed E-state index contributed by atoms with van der Waals surface area (Å²) in [7, 11) is 0. The summed E-state index contributed by atoms with van der Waals surface area (Å²) in [6.45, 7) is 14.1. The maximum Gasteiger partial charge on any atom is 2.00 e. The predicted molar refractivity (Wildman–Crippen MR) is 219 cm³/mol. The molecule has 4 aromatic carbocycles. The number of hydrogen-bond donors (Lipinski definition) is 0. The average Bonchev–Trinajstić information content (AvgIpc) is 3.83. The Morgan fingerprint density at radius 2 is 1.53 bits per heavy atom. The summed E-state index contributed by atoms with van der Waals surface area (Å²) in [4.78, 5) is 10.2. The molecule has 0 spiro atoms. The zero-order valence-electron chi connectivity index (χ0n) is 32.3. The van der Waals surface area contributed by atoms with Crippen LogP contribution in [0.25, 0.3) is 60.8 Å². The van der Waals surface area contributed by atoms with Crippen LogP contribution in [0, 0.1) is 48.6 Å². The number of fused-ring (bicyclic) bond motifs is 7. The molecule has 4 heterocycles. The van der Waals surface area contributed by atoms with Gasteiger partial charge in [-0.1, -0.05) is 107 Å². The first-order valence-corrected chi connectivity index (χ1v) is 19.4. The number of ether oxygens (including phenoxy) is 1. The molecule has 8 aromatic rings. The van der Waals surface area contributed by atoms with Gasteiger partial charge in [-0.05, 0) is 84.2 Å². The number of nitrogens with zero attached hydrogens (tertiary/aromatic N) is 3. The first-order chi connectivity index (χ1) is 26.0. The Morgan fingerprint density at radius 1 is 0.782 bits per heavy atom. The molecule has 0 N–H and O–H groups in total. The third-order valence-electron chi connectivity index (χ3n) is 12.3. The van der Waals surface area contributed by atoms with Crippen molar-refractivity contribution in [1.29, 1.82) is 0 Å². The Labute approximate surface area is 337 Å². The SMILES string of the molecule is Cc1c[c-]c(-n2c3ccccc3c3ccc(Oc4[c-]c(-c5cc6c(cn5)CC(C5CC(C)(C)CC(C)(C)C5)C6)cc5c4oc4ccccc45)nc32)cc1C.[Pt+2]. The van der Waals surface area contributed by atoms with Gasteiger partial charge in [-0.2, -0.15) is 28.2 Å². The van der Waals surface area contributed by atoms with Crippen LogP contribution >= 0.6 is 0 Å². The van der Waals surface area contributed by atoms with Gasteiger partial charge in [0.1, 0.15) is 11.2 Å². The second kappa shape index (κ2) is 13.2. The third-order valence-corrected chi connectivity index (χ3v) is 12.3. The Morgan fingerprint density at radius 3 is 2.33 bits per heavy atom. The van der Waals surface area contributed by atoms with E-state index in [0.717, 1.165) is 74.0 Å². The molecule has 5 nitrogen and oxygen atoms in total. The number of aryl methyl sites for hydroxylation is 2. The number of para-hydroxylation sites is 2. The van der Waals surface area contributed by atoms with Crippen LogP contribution in [0.1, 0.15) is 69.2 Å². The van der Waals surface area contributed by atoms with Gasteiger partial charge >= 0.3 is 21.1 Å². The van der Waals surface area contributed by atoms with E-state index in [9.17, 15) is 0 Å². The van der Waals surface area contributed by atoms with Crippen LogP contribution in [0.15, 0.2) is 95.5 Å². The molecule has 55 heavy (non-hydrogen) atoms. The maximum atomic E-state index is 6.74. The van der Waals surface area contributed by atoms with E-state index in [1.807, 2.05) is 24.3 Å². The number of benzene rings is 4. The van der Waals surface area contributed by atoms with Gasteiger partial charge < -0.3 is 18.7 Å². The van der Waals surface area contributed by atoms with E-state index in [-0.39, 0.29) is 21.1 Å². The minimum absolute atomic E-state index is 0. The van der Waals surface area contributed by atoms with Crippen molar-refractivity contribution >= 4 is 43.9 Å². The fourth-order valence-electron chi connectivity index (χ4n) is 10.2. The average molecular weight is 903 g/mol. The smallest absolute Gasteiger partial charge is 0.497 e. The molecule has 1 saturated carbocycles. The van der Waals surface area contributed by atoms with Gasteiger partial charge in [0, 0.05) is 28.4 Å². The molecule has 6 heteroatoms. The van der Waals surface area contributed by atoms with Crippen LogP contribution in [0.4, 0.5) is 0 Å². The van der Waals surface area contributed by atoms with E-state index < -0.39 is 0 Å². The number of rotatable bonds is 5. The van der Waals surface area contributed by atoms with Gasteiger partial charge in [-0.3, -0.25) is 0 Å². The van der Waals surface area contributed by atoms with E-state index >= 15 is 0 Å². The van der Waals surface area contributed by atoms with Crippen molar-refractivity contribution in [2.45, 2.75) is 73.6 Å². The summed E-state index contributed by atoms with van der Waals surface area (Å²) >= 11 is 0. The van der Waals surface area contributed by atoms with Gasteiger partial charge in [-0.15, -0.1) is 17.7 Å². The molecule has 278 valence electrons. The monoisotopic (exact) mass is 902 g/mol. The van der Waals surface area contributed by atoms with Gasteiger partial charge in [0.25, 0.3) is 0 Å². The number of pyridine rings is 2. The normalized spacial score (nSPS) is 17.9. The van der Waals surface area contributed by atoms with Crippen LogP contribution in [-0.4, -0.2) is 14.5 Å². The largest absolute Gasteiger partial charge is 2.00 e. The van der Waals surface area contributed by atoms with Crippen molar-refractivity contribution in [2.75, 3.05) is 0 Å². The Hall–Kier alpha value is -4.73. The van der Waals surface area contributed by atoms with Crippen LogP contribution < -0.4 is 4.74 Å². The van der Waals surface area contributed by atoms with Crippen LogP contribution in [-0.2, 0) is 33.9 Å². The minimum Gasteiger partial charge on any atom is -0.497 e. The summed E-state index contributed by atoms with van der Waals surface area (Å²) < 4.78 is 15.4. The van der Waals surface area contributed by atoms with Crippen molar-refractivity contribution in [3.05, 3.63) is 126 Å². The van der Waals surface area contributed by atoms with Gasteiger partial charge in [0.05, 0.1) is 16.8 Å². The zero-order chi connectivity index (χ0) is 36.9.